The number of aromatic amines is 1. The molecule has 0 aliphatic heterocycles. The molecule has 0 radical (unpaired) electrons. The topological polar surface area (TPSA) is 137 Å². The molecule has 3 aromatic heterocycles. The Kier molecular flexibility index (Phi) is 6.04. The lowest BCUT2D eigenvalue weighted by molar-refractivity contribution is 0.577. The lowest BCUT2D eigenvalue weighted by Crippen LogP contribution is -2.31. The van der Waals surface area contributed by atoms with Gasteiger partial charge in [0.15, 0.2) is 16.2 Å². The molecular formula is C21H25N7O4S. The third kappa shape index (κ3) is 4.39. The third-order valence-corrected chi connectivity index (χ3v) is 6.74. The molecule has 33 heavy (non-hydrogen) atoms. The van der Waals surface area contributed by atoms with Gasteiger partial charge in [-0.15, -0.1) is 0 Å². The molecule has 0 atom stereocenters. The van der Waals surface area contributed by atoms with Crippen molar-refractivity contribution in [3.8, 4) is 0 Å². The van der Waals surface area contributed by atoms with E-state index in [1.165, 1.54) is 17.1 Å². The molecule has 2 N–H and O–H groups in total. The minimum absolute atomic E-state index is 0.00792. The first kappa shape index (κ1) is 22.7. The van der Waals surface area contributed by atoms with Crippen LogP contribution in [-0.4, -0.2) is 37.1 Å². The second-order valence-corrected chi connectivity index (χ2v) is 9.36. The summed E-state index contributed by atoms with van der Waals surface area (Å²) < 4.78 is 32.5. The van der Waals surface area contributed by atoms with Gasteiger partial charge in [-0.2, -0.15) is 0 Å². The molecule has 0 spiro atoms. The van der Waals surface area contributed by atoms with Crippen molar-refractivity contribution >= 4 is 21.2 Å². The average molecular weight is 472 g/mol. The first-order chi connectivity index (χ1) is 15.7. The van der Waals surface area contributed by atoms with Gasteiger partial charge in [0.25, 0.3) is 15.6 Å². The van der Waals surface area contributed by atoms with E-state index in [9.17, 15) is 18.0 Å². The number of sulfonamides is 1. The third-order valence-electron chi connectivity index (χ3n) is 5.47. The fraction of sp³-hybridized carbons (Fsp3) is 0.333. The second-order valence-electron chi connectivity index (χ2n) is 7.65. The zero-order valence-corrected chi connectivity index (χ0v) is 19.4. The van der Waals surface area contributed by atoms with Crippen molar-refractivity contribution in [3.63, 3.8) is 0 Å². The number of H-pyrrole nitrogens is 1. The van der Waals surface area contributed by atoms with Gasteiger partial charge in [0.1, 0.15) is 5.82 Å². The number of nitrogens with zero attached hydrogens (tertiary/aromatic N) is 5. The lowest BCUT2D eigenvalue weighted by Gasteiger charge is -2.09. The number of hydrogen-bond acceptors (Lipinski definition) is 6. The summed E-state index contributed by atoms with van der Waals surface area (Å²) in [6.07, 6.45) is 3.67. The zero-order valence-electron chi connectivity index (χ0n) is 18.6. The predicted octanol–water partition coefficient (Wildman–Crippen LogP) is 0.729. The predicted molar refractivity (Wildman–Crippen MR) is 122 cm³/mol. The molecule has 4 rings (SSSR count). The summed E-state index contributed by atoms with van der Waals surface area (Å²) in [4.78, 5) is 35.3. The lowest BCUT2D eigenvalue weighted by atomic mass is 10.1. The summed E-state index contributed by atoms with van der Waals surface area (Å²) in [5, 5.41) is -0.00792. The summed E-state index contributed by atoms with van der Waals surface area (Å²) in [6.45, 7) is 4.67. The number of rotatable bonds is 8. The molecule has 0 aliphatic rings. The Morgan fingerprint density at radius 1 is 1.09 bits per heavy atom. The summed E-state index contributed by atoms with van der Waals surface area (Å²) >= 11 is 0. The highest BCUT2D eigenvalue weighted by molar-refractivity contribution is 7.89. The smallest absolute Gasteiger partial charge is 0.330 e. The first-order valence-electron chi connectivity index (χ1n) is 10.5. The highest BCUT2D eigenvalue weighted by atomic mass is 32.2. The van der Waals surface area contributed by atoms with Crippen LogP contribution in [0, 0.1) is 0 Å². The van der Waals surface area contributed by atoms with E-state index in [0.29, 0.717) is 30.0 Å². The van der Waals surface area contributed by atoms with Crippen molar-refractivity contribution in [2.75, 3.05) is 0 Å². The molecule has 3 heterocycles. The Morgan fingerprint density at radius 3 is 2.42 bits per heavy atom. The number of benzene rings is 1. The van der Waals surface area contributed by atoms with Gasteiger partial charge in [-0.25, -0.2) is 27.9 Å². The van der Waals surface area contributed by atoms with E-state index < -0.39 is 21.3 Å². The van der Waals surface area contributed by atoms with Crippen molar-refractivity contribution in [1.82, 2.24) is 33.4 Å². The summed E-state index contributed by atoms with van der Waals surface area (Å²) in [5.74, 6) is 0.690. The second kappa shape index (κ2) is 8.79. The molecule has 0 aliphatic carbocycles. The number of nitrogens with one attached hydrogen (secondary N) is 2. The molecule has 0 bridgehead atoms. The first-order valence-corrected chi connectivity index (χ1v) is 12.0. The maximum absolute atomic E-state index is 12.5. The molecule has 0 unspecified atom stereocenters. The van der Waals surface area contributed by atoms with E-state index in [-0.39, 0.29) is 18.1 Å². The monoisotopic (exact) mass is 471 g/mol. The van der Waals surface area contributed by atoms with Gasteiger partial charge in [0.2, 0.25) is 0 Å². The number of aryl methyl sites for hydroxylation is 3. The Bertz CT molecular complexity index is 1530. The maximum atomic E-state index is 12.5. The standard InChI is InChI=1S/C21H25N7O4S/c1-4-16-24-17(12-26(16)3)33(31,32)23-10-14-6-8-15(9-7-14)11-28-19-18(20(29)25-21(28)30)27(5-2)13-22-19/h6-9,12-13,23H,4-5,10-11H2,1-3H3,(H,25,29,30). The van der Waals surface area contributed by atoms with Crippen LogP contribution in [0.25, 0.3) is 11.2 Å². The minimum atomic E-state index is -3.73. The highest BCUT2D eigenvalue weighted by Crippen LogP contribution is 2.12. The van der Waals surface area contributed by atoms with Crippen molar-refractivity contribution in [2.45, 2.75) is 44.9 Å². The Labute approximate surface area is 189 Å². The molecular weight excluding hydrogens is 446 g/mol. The molecule has 11 nitrogen and oxygen atoms in total. The largest absolute Gasteiger partial charge is 0.337 e. The van der Waals surface area contributed by atoms with Crippen molar-refractivity contribution < 1.29 is 8.42 Å². The van der Waals surface area contributed by atoms with Crippen LogP contribution in [0.3, 0.4) is 0 Å². The Balaban J connectivity index is 1.51. The molecule has 0 saturated heterocycles. The van der Waals surface area contributed by atoms with Crippen LogP contribution >= 0.6 is 0 Å². The molecule has 1 aromatic carbocycles. The maximum Gasteiger partial charge on any atom is 0.330 e. The van der Waals surface area contributed by atoms with Crippen LogP contribution in [0.4, 0.5) is 0 Å². The quantitative estimate of drug-likeness (QED) is 0.389. The number of hydrogen-bond donors (Lipinski definition) is 2. The van der Waals surface area contributed by atoms with Crippen molar-refractivity contribution in [1.29, 1.82) is 0 Å². The van der Waals surface area contributed by atoms with Crippen molar-refractivity contribution in [2.24, 2.45) is 7.05 Å². The van der Waals surface area contributed by atoms with Gasteiger partial charge in [-0.05, 0) is 18.1 Å². The van der Waals surface area contributed by atoms with Gasteiger partial charge in [-0.3, -0.25) is 14.3 Å². The summed E-state index contributed by atoms with van der Waals surface area (Å²) in [7, 11) is -1.97. The van der Waals surface area contributed by atoms with Crippen LogP contribution in [0.15, 0.2) is 51.4 Å². The molecule has 4 aromatic rings. The van der Waals surface area contributed by atoms with Gasteiger partial charge in [0, 0.05) is 32.8 Å². The summed E-state index contributed by atoms with van der Waals surface area (Å²) in [5.41, 5.74) is 1.23. The van der Waals surface area contributed by atoms with Crippen LogP contribution in [0.1, 0.15) is 30.8 Å². The summed E-state index contributed by atoms with van der Waals surface area (Å²) in [6, 6.07) is 7.18. The number of aromatic nitrogens is 6. The SMILES string of the molecule is CCc1nc(S(=O)(=O)NCc2ccc(Cn3c(=O)[nH]c(=O)c4c3ncn4CC)cc2)cn1C. The number of imidazole rings is 2. The zero-order chi connectivity index (χ0) is 23.8. The van der Waals surface area contributed by atoms with Crippen molar-refractivity contribution in [3.05, 3.63) is 74.6 Å². The van der Waals surface area contributed by atoms with Gasteiger partial charge in [0.05, 0.1) is 12.9 Å². The molecule has 0 saturated carbocycles. The normalized spacial score (nSPS) is 12.0. The molecule has 174 valence electrons. The Morgan fingerprint density at radius 2 is 1.79 bits per heavy atom. The van der Waals surface area contributed by atoms with Gasteiger partial charge < -0.3 is 9.13 Å². The van der Waals surface area contributed by atoms with E-state index in [4.69, 9.17) is 0 Å². The van der Waals surface area contributed by atoms with E-state index in [1.807, 2.05) is 13.8 Å². The Hall–Kier alpha value is -3.51. The van der Waals surface area contributed by atoms with Crippen LogP contribution in [0.5, 0.6) is 0 Å². The minimum Gasteiger partial charge on any atom is -0.337 e. The highest BCUT2D eigenvalue weighted by Gasteiger charge is 2.19. The van der Waals surface area contributed by atoms with E-state index >= 15 is 0 Å². The molecule has 0 fully saturated rings. The van der Waals surface area contributed by atoms with Crippen LogP contribution in [-0.2, 0) is 43.1 Å². The molecule has 0 amide bonds. The van der Waals surface area contributed by atoms with E-state index in [1.54, 1.807) is 40.4 Å². The van der Waals surface area contributed by atoms with E-state index in [2.05, 4.69) is 19.7 Å². The van der Waals surface area contributed by atoms with E-state index in [0.717, 1.165) is 11.1 Å². The fourth-order valence-corrected chi connectivity index (χ4v) is 4.67. The van der Waals surface area contributed by atoms with Crippen LogP contribution < -0.4 is 16.0 Å². The van der Waals surface area contributed by atoms with Crippen LogP contribution in [0.2, 0.25) is 0 Å². The fourth-order valence-electron chi connectivity index (χ4n) is 3.64. The molecule has 12 heteroatoms. The number of fused-ring (bicyclic) bond motifs is 1. The van der Waals surface area contributed by atoms with Gasteiger partial charge in [-0.1, -0.05) is 31.2 Å². The average Bonchev–Trinajstić information content (AvgIpc) is 3.40. The van der Waals surface area contributed by atoms with Gasteiger partial charge >= 0.3 is 5.69 Å².